The van der Waals surface area contributed by atoms with E-state index in [1.165, 1.54) is 135 Å². The van der Waals surface area contributed by atoms with Gasteiger partial charge < -0.3 is 20.3 Å². The Bertz CT molecular complexity index is 915. The number of aliphatic hydroxyl groups excluding tert-OH is 2. The molecule has 0 bridgehead atoms. The number of unbranched alkanes of at least 4 members (excludes halogenated alkanes) is 26. The van der Waals surface area contributed by atoms with Gasteiger partial charge >= 0.3 is 5.97 Å². The molecule has 0 saturated carbocycles. The molecule has 0 aromatic carbocycles. The van der Waals surface area contributed by atoms with E-state index in [1.54, 1.807) is 0 Å². The van der Waals surface area contributed by atoms with Crippen LogP contribution in [0.2, 0.25) is 0 Å². The van der Waals surface area contributed by atoms with Crippen LogP contribution in [0.3, 0.4) is 0 Å². The van der Waals surface area contributed by atoms with Gasteiger partial charge in [-0.1, -0.05) is 218 Å². The van der Waals surface area contributed by atoms with Crippen molar-refractivity contribution >= 4 is 11.9 Å². The van der Waals surface area contributed by atoms with Gasteiger partial charge in [0.2, 0.25) is 5.91 Å². The second kappa shape index (κ2) is 43.2. The maximum atomic E-state index is 13.1. The normalized spacial score (nSPS) is 13.6. The summed E-state index contributed by atoms with van der Waals surface area (Å²) in [5.74, 6) is -0.485. The Morgan fingerprint density at radius 2 is 0.982 bits per heavy atom. The first-order valence-corrected chi connectivity index (χ1v) is 23.7. The second-order valence-corrected chi connectivity index (χ2v) is 16.2. The fourth-order valence-electron chi connectivity index (χ4n) is 7.19. The minimum absolute atomic E-state index is 0.0750. The molecule has 322 valence electrons. The molecule has 0 spiro atoms. The minimum Gasteiger partial charge on any atom is -0.462 e. The van der Waals surface area contributed by atoms with Crippen molar-refractivity contribution in [3.63, 3.8) is 0 Å². The molecule has 0 aliphatic heterocycles. The van der Waals surface area contributed by atoms with Crippen LogP contribution in [0, 0.1) is 0 Å². The third kappa shape index (κ3) is 38.7. The van der Waals surface area contributed by atoms with E-state index in [9.17, 15) is 19.8 Å². The van der Waals surface area contributed by atoms with Gasteiger partial charge in [0.05, 0.1) is 25.2 Å². The monoisotopic (exact) mass is 774 g/mol. The molecule has 0 heterocycles. The number of amides is 1. The van der Waals surface area contributed by atoms with Gasteiger partial charge in [-0.3, -0.25) is 9.59 Å². The van der Waals surface area contributed by atoms with Crippen LogP contribution >= 0.6 is 0 Å². The highest BCUT2D eigenvalue weighted by Gasteiger charge is 2.24. The third-order valence-electron chi connectivity index (χ3n) is 10.8. The van der Waals surface area contributed by atoms with E-state index in [1.807, 2.05) is 0 Å². The molecule has 3 unspecified atom stereocenters. The number of carbonyl (C=O) groups excluding carboxylic acids is 2. The van der Waals surface area contributed by atoms with Gasteiger partial charge in [-0.05, 0) is 44.9 Å². The van der Waals surface area contributed by atoms with E-state index in [-0.39, 0.29) is 24.9 Å². The standard InChI is InChI=1S/C49H91NO5/c1-4-7-10-13-16-19-21-23-24-26-28-30-33-36-39-42-49(54)55-45(40-37-34-31-18-15-12-9-6-3)43-48(53)50-46(44-51)47(52)41-38-35-32-29-27-25-22-20-17-14-11-8-5-2/h7,10,13,16,19,21,45-47,51-52H,4-6,8-9,11-12,14-15,17-18,20,22-44H2,1-3H3,(H,50,53)/b10-7+,16-13+,21-19+. The molecule has 3 atom stereocenters. The van der Waals surface area contributed by atoms with E-state index in [2.05, 4.69) is 62.5 Å². The summed E-state index contributed by atoms with van der Waals surface area (Å²) in [4.78, 5) is 26.0. The summed E-state index contributed by atoms with van der Waals surface area (Å²) in [6, 6.07) is -0.698. The fraction of sp³-hybridized carbons (Fsp3) is 0.837. The molecule has 3 N–H and O–H groups in total. The fourth-order valence-corrected chi connectivity index (χ4v) is 7.19. The molecule has 0 fully saturated rings. The Balaban J connectivity index is 4.46. The van der Waals surface area contributed by atoms with Crippen molar-refractivity contribution < 1.29 is 24.5 Å². The lowest BCUT2D eigenvalue weighted by Gasteiger charge is -2.24. The van der Waals surface area contributed by atoms with E-state index in [0.29, 0.717) is 19.3 Å². The molecule has 55 heavy (non-hydrogen) atoms. The van der Waals surface area contributed by atoms with Crippen molar-refractivity contribution in [2.45, 2.75) is 257 Å². The summed E-state index contributed by atoms with van der Waals surface area (Å²) in [7, 11) is 0. The molecule has 0 aromatic heterocycles. The third-order valence-corrected chi connectivity index (χ3v) is 10.8. The summed E-state index contributed by atoms with van der Waals surface area (Å²) < 4.78 is 5.89. The quantitative estimate of drug-likeness (QED) is 0.0326. The van der Waals surface area contributed by atoms with Crippen LogP contribution in [0.1, 0.15) is 239 Å². The zero-order valence-electron chi connectivity index (χ0n) is 36.6. The Hall–Kier alpha value is -1.92. The Labute approximate surface area is 341 Å². The highest BCUT2D eigenvalue weighted by Crippen LogP contribution is 2.18. The lowest BCUT2D eigenvalue weighted by atomic mass is 10.0. The van der Waals surface area contributed by atoms with E-state index in [4.69, 9.17) is 4.74 Å². The van der Waals surface area contributed by atoms with Crippen LogP contribution in [0.25, 0.3) is 0 Å². The lowest BCUT2D eigenvalue weighted by Crippen LogP contribution is -2.46. The van der Waals surface area contributed by atoms with Gasteiger partial charge in [-0.15, -0.1) is 0 Å². The van der Waals surface area contributed by atoms with Gasteiger partial charge in [-0.2, -0.15) is 0 Å². The van der Waals surface area contributed by atoms with Gasteiger partial charge in [-0.25, -0.2) is 0 Å². The molecular weight excluding hydrogens is 683 g/mol. The van der Waals surface area contributed by atoms with Crippen LogP contribution in [0.5, 0.6) is 0 Å². The number of aliphatic hydroxyl groups is 2. The average molecular weight is 774 g/mol. The van der Waals surface area contributed by atoms with Crippen LogP contribution in [-0.4, -0.2) is 46.9 Å². The Kier molecular flexibility index (Phi) is 41.7. The summed E-state index contributed by atoms with van der Waals surface area (Å²) in [5, 5.41) is 23.6. The smallest absolute Gasteiger partial charge is 0.306 e. The number of esters is 1. The summed E-state index contributed by atoms with van der Waals surface area (Å²) in [6.07, 6.45) is 49.2. The molecule has 1 amide bonds. The number of ether oxygens (including phenoxy) is 1. The number of hydrogen-bond donors (Lipinski definition) is 3. The van der Waals surface area contributed by atoms with Crippen LogP contribution < -0.4 is 5.32 Å². The van der Waals surface area contributed by atoms with Crippen molar-refractivity contribution in [1.29, 1.82) is 0 Å². The zero-order valence-corrected chi connectivity index (χ0v) is 36.6. The molecule has 0 aliphatic rings. The van der Waals surface area contributed by atoms with Crippen LogP contribution in [-0.2, 0) is 14.3 Å². The van der Waals surface area contributed by atoms with Crippen molar-refractivity contribution in [2.75, 3.05) is 6.61 Å². The minimum atomic E-state index is -0.785. The summed E-state index contributed by atoms with van der Waals surface area (Å²) in [5.41, 5.74) is 0. The first kappa shape index (κ1) is 53.1. The van der Waals surface area contributed by atoms with Crippen molar-refractivity contribution in [3.05, 3.63) is 36.5 Å². The highest BCUT2D eigenvalue weighted by molar-refractivity contribution is 5.77. The Morgan fingerprint density at radius 3 is 1.47 bits per heavy atom. The van der Waals surface area contributed by atoms with E-state index >= 15 is 0 Å². The molecule has 0 rings (SSSR count). The highest BCUT2D eigenvalue weighted by atomic mass is 16.5. The molecule has 6 heteroatoms. The summed E-state index contributed by atoms with van der Waals surface area (Å²) in [6.45, 7) is 6.33. The number of nitrogens with one attached hydrogen (secondary N) is 1. The van der Waals surface area contributed by atoms with Gasteiger partial charge in [0.25, 0.3) is 0 Å². The van der Waals surface area contributed by atoms with E-state index in [0.717, 1.165) is 57.8 Å². The number of rotatable bonds is 42. The molecule has 0 radical (unpaired) electrons. The van der Waals surface area contributed by atoms with E-state index < -0.39 is 18.2 Å². The summed E-state index contributed by atoms with van der Waals surface area (Å²) >= 11 is 0. The molecule has 6 nitrogen and oxygen atoms in total. The van der Waals surface area contributed by atoms with Crippen LogP contribution in [0.4, 0.5) is 0 Å². The molecular formula is C49H91NO5. The largest absolute Gasteiger partial charge is 0.462 e. The van der Waals surface area contributed by atoms with Gasteiger partial charge in [0.15, 0.2) is 0 Å². The lowest BCUT2D eigenvalue weighted by molar-refractivity contribution is -0.151. The number of allylic oxidation sites excluding steroid dienone is 6. The SMILES string of the molecule is CC/C=C/C=C/C=C/CCCCCCCCCC(=O)OC(CCCCCCCCCC)CC(=O)NC(CO)C(O)CCCCCCCCCCCCCCC. The molecule has 0 aromatic rings. The maximum Gasteiger partial charge on any atom is 0.306 e. The predicted molar refractivity (Wildman–Crippen MR) is 236 cm³/mol. The van der Waals surface area contributed by atoms with Gasteiger partial charge in [0, 0.05) is 6.42 Å². The van der Waals surface area contributed by atoms with Crippen molar-refractivity contribution in [1.82, 2.24) is 5.32 Å². The predicted octanol–water partition coefficient (Wildman–Crippen LogP) is 13.7. The first-order valence-electron chi connectivity index (χ1n) is 23.7. The average Bonchev–Trinajstić information content (AvgIpc) is 3.18. The topological polar surface area (TPSA) is 95.9 Å². The second-order valence-electron chi connectivity index (χ2n) is 16.2. The molecule has 0 aliphatic carbocycles. The van der Waals surface area contributed by atoms with Crippen molar-refractivity contribution in [2.24, 2.45) is 0 Å². The maximum absolute atomic E-state index is 13.1. The van der Waals surface area contributed by atoms with Gasteiger partial charge in [0.1, 0.15) is 6.10 Å². The Morgan fingerprint density at radius 1 is 0.545 bits per heavy atom. The first-order chi connectivity index (χ1) is 27.0. The molecule has 0 saturated heterocycles. The zero-order chi connectivity index (χ0) is 40.3. The van der Waals surface area contributed by atoms with Crippen molar-refractivity contribution in [3.8, 4) is 0 Å². The number of carbonyl (C=O) groups is 2. The number of hydrogen-bond acceptors (Lipinski definition) is 5. The van der Waals surface area contributed by atoms with Crippen LogP contribution in [0.15, 0.2) is 36.5 Å².